The smallest absolute Gasteiger partial charge is 0.144 e. The van der Waals surface area contributed by atoms with Crippen LogP contribution in [0.1, 0.15) is 32.4 Å². The Kier molecular flexibility index (Phi) is 4.80. The van der Waals surface area contributed by atoms with Gasteiger partial charge in [0.2, 0.25) is 0 Å². The lowest BCUT2D eigenvalue weighted by Crippen LogP contribution is -2.07. The van der Waals surface area contributed by atoms with Crippen molar-refractivity contribution in [3.63, 3.8) is 0 Å². The molecule has 0 radical (unpaired) electrons. The largest absolute Gasteiger partial charge is 0.362 e. The molecule has 19 heavy (non-hydrogen) atoms. The first-order valence-corrected chi connectivity index (χ1v) is 7.32. The van der Waals surface area contributed by atoms with E-state index in [2.05, 4.69) is 60.3 Å². The van der Waals surface area contributed by atoms with Crippen LogP contribution in [0.2, 0.25) is 0 Å². The molecule has 0 saturated heterocycles. The number of thioether (sulfide) groups is 1. The monoisotopic (exact) mass is 273 g/mol. The quantitative estimate of drug-likeness (QED) is 0.830. The summed E-state index contributed by atoms with van der Waals surface area (Å²) < 4.78 is 0. The van der Waals surface area contributed by atoms with Crippen molar-refractivity contribution in [1.29, 1.82) is 0 Å². The Morgan fingerprint density at radius 3 is 2.37 bits per heavy atom. The first-order valence-electron chi connectivity index (χ1n) is 6.44. The minimum Gasteiger partial charge on any atom is -0.362 e. The third-order valence-electron chi connectivity index (χ3n) is 2.68. The molecule has 2 aromatic rings. The molecule has 0 saturated carbocycles. The first-order chi connectivity index (χ1) is 9.15. The van der Waals surface area contributed by atoms with Gasteiger partial charge in [0, 0.05) is 28.6 Å². The zero-order valence-electron chi connectivity index (χ0n) is 11.5. The third-order valence-corrected chi connectivity index (χ3v) is 3.70. The summed E-state index contributed by atoms with van der Waals surface area (Å²) in [6.07, 6.45) is 5.10. The standard InChI is InChI=1S/C15H19N3S/c1-11(2)19-14-6-4-13(5-7-14)12(3)18-15-10-16-8-9-17-15/h4-12H,1-3H3,(H,17,18). The van der Waals surface area contributed by atoms with Crippen LogP contribution < -0.4 is 5.32 Å². The summed E-state index contributed by atoms with van der Waals surface area (Å²) in [6, 6.07) is 8.90. The van der Waals surface area contributed by atoms with Crippen LogP contribution >= 0.6 is 11.8 Å². The highest BCUT2D eigenvalue weighted by molar-refractivity contribution is 7.99. The van der Waals surface area contributed by atoms with Gasteiger partial charge >= 0.3 is 0 Å². The average Bonchev–Trinajstić information content (AvgIpc) is 2.40. The highest BCUT2D eigenvalue weighted by atomic mass is 32.2. The van der Waals surface area contributed by atoms with Crippen LogP contribution in [0.15, 0.2) is 47.8 Å². The molecule has 1 heterocycles. The predicted octanol–water partition coefficient (Wildman–Crippen LogP) is 4.15. The number of aromatic nitrogens is 2. The van der Waals surface area contributed by atoms with Crippen LogP contribution in [-0.4, -0.2) is 15.2 Å². The van der Waals surface area contributed by atoms with Gasteiger partial charge < -0.3 is 5.32 Å². The molecule has 1 aromatic carbocycles. The lowest BCUT2D eigenvalue weighted by Gasteiger charge is -2.15. The van der Waals surface area contributed by atoms with Gasteiger partial charge in [0.25, 0.3) is 0 Å². The second-order valence-corrected chi connectivity index (χ2v) is 6.34. The van der Waals surface area contributed by atoms with E-state index in [1.807, 2.05) is 11.8 Å². The Labute approximate surface area is 118 Å². The minimum absolute atomic E-state index is 0.217. The van der Waals surface area contributed by atoms with Crippen molar-refractivity contribution < 1.29 is 0 Å². The van der Waals surface area contributed by atoms with Gasteiger partial charge in [-0.3, -0.25) is 4.98 Å². The van der Waals surface area contributed by atoms with E-state index in [1.54, 1.807) is 18.6 Å². The molecule has 2 rings (SSSR count). The predicted molar refractivity (Wildman–Crippen MR) is 81.5 cm³/mol. The highest BCUT2D eigenvalue weighted by Gasteiger charge is 2.06. The van der Waals surface area contributed by atoms with Gasteiger partial charge in [0.1, 0.15) is 5.82 Å². The van der Waals surface area contributed by atoms with E-state index in [1.165, 1.54) is 10.5 Å². The fourth-order valence-corrected chi connectivity index (χ4v) is 2.62. The normalized spacial score (nSPS) is 12.4. The highest BCUT2D eigenvalue weighted by Crippen LogP contribution is 2.25. The molecule has 1 atom stereocenters. The molecule has 0 bridgehead atoms. The second-order valence-electron chi connectivity index (χ2n) is 4.69. The second kappa shape index (κ2) is 6.57. The third kappa shape index (κ3) is 4.24. The van der Waals surface area contributed by atoms with Crippen LogP contribution in [-0.2, 0) is 0 Å². The van der Waals surface area contributed by atoms with Gasteiger partial charge in [-0.1, -0.05) is 26.0 Å². The fourth-order valence-electron chi connectivity index (χ4n) is 1.79. The summed E-state index contributed by atoms with van der Waals surface area (Å²) >= 11 is 1.88. The molecule has 0 spiro atoms. The van der Waals surface area contributed by atoms with Crippen LogP contribution in [0.3, 0.4) is 0 Å². The molecule has 1 N–H and O–H groups in total. The summed E-state index contributed by atoms with van der Waals surface area (Å²) in [4.78, 5) is 9.58. The maximum atomic E-state index is 4.22. The summed E-state index contributed by atoms with van der Waals surface area (Å²) in [5, 5.41) is 3.95. The number of hydrogen-bond acceptors (Lipinski definition) is 4. The molecule has 0 aliphatic heterocycles. The zero-order valence-corrected chi connectivity index (χ0v) is 12.3. The molecule has 0 amide bonds. The number of hydrogen-bond donors (Lipinski definition) is 1. The van der Waals surface area contributed by atoms with Gasteiger partial charge in [-0.2, -0.15) is 0 Å². The van der Waals surface area contributed by atoms with E-state index in [0.717, 1.165) is 5.82 Å². The van der Waals surface area contributed by atoms with E-state index in [9.17, 15) is 0 Å². The summed E-state index contributed by atoms with van der Waals surface area (Å²) in [5.74, 6) is 0.802. The van der Waals surface area contributed by atoms with Crippen LogP contribution in [0.25, 0.3) is 0 Å². The van der Waals surface area contributed by atoms with Crippen molar-refractivity contribution >= 4 is 17.6 Å². The molecular weight excluding hydrogens is 254 g/mol. The first kappa shape index (κ1) is 13.9. The van der Waals surface area contributed by atoms with Crippen LogP contribution in [0, 0.1) is 0 Å². The van der Waals surface area contributed by atoms with Crippen LogP contribution in [0.5, 0.6) is 0 Å². The topological polar surface area (TPSA) is 37.8 Å². The number of nitrogens with zero attached hydrogens (tertiary/aromatic N) is 2. The van der Waals surface area contributed by atoms with Gasteiger partial charge in [-0.25, -0.2) is 4.98 Å². The Morgan fingerprint density at radius 2 is 1.79 bits per heavy atom. The molecule has 100 valence electrons. The van der Waals surface area contributed by atoms with Crippen molar-refractivity contribution in [2.45, 2.75) is 37.0 Å². The van der Waals surface area contributed by atoms with Gasteiger partial charge in [0.15, 0.2) is 0 Å². The number of benzene rings is 1. The lowest BCUT2D eigenvalue weighted by molar-refractivity contribution is 0.869. The molecular formula is C15H19N3S. The minimum atomic E-state index is 0.217. The Morgan fingerprint density at radius 1 is 1.05 bits per heavy atom. The number of anilines is 1. The van der Waals surface area contributed by atoms with Gasteiger partial charge in [-0.05, 0) is 24.6 Å². The molecule has 1 aromatic heterocycles. The number of rotatable bonds is 5. The SMILES string of the molecule is CC(C)Sc1ccc(C(C)Nc2cnccn2)cc1. The Bertz CT molecular complexity index is 497. The van der Waals surface area contributed by atoms with Gasteiger partial charge in [-0.15, -0.1) is 11.8 Å². The van der Waals surface area contributed by atoms with E-state index >= 15 is 0 Å². The molecule has 4 heteroatoms. The number of nitrogens with one attached hydrogen (secondary N) is 1. The van der Waals surface area contributed by atoms with Crippen molar-refractivity contribution in [3.8, 4) is 0 Å². The Balaban J connectivity index is 2.01. The lowest BCUT2D eigenvalue weighted by atomic mass is 10.1. The fraction of sp³-hybridized carbons (Fsp3) is 0.333. The maximum absolute atomic E-state index is 4.22. The van der Waals surface area contributed by atoms with Crippen molar-refractivity contribution in [2.75, 3.05) is 5.32 Å². The van der Waals surface area contributed by atoms with Crippen molar-refractivity contribution in [2.24, 2.45) is 0 Å². The molecule has 1 unspecified atom stereocenters. The van der Waals surface area contributed by atoms with Crippen LogP contribution in [0.4, 0.5) is 5.82 Å². The van der Waals surface area contributed by atoms with E-state index in [-0.39, 0.29) is 6.04 Å². The summed E-state index contributed by atoms with van der Waals surface area (Å²) in [6.45, 7) is 6.53. The van der Waals surface area contributed by atoms with E-state index < -0.39 is 0 Å². The average molecular weight is 273 g/mol. The Hall–Kier alpha value is -1.55. The molecule has 0 aliphatic rings. The molecule has 3 nitrogen and oxygen atoms in total. The van der Waals surface area contributed by atoms with Crippen molar-refractivity contribution in [1.82, 2.24) is 9.97 Å². The molecule has 0 aliphatic carbocycles. The van der Waals surface area contributed by atoms with E-state index in [0.29, 0.717) is 5.25 Å². The van der Waals surface area contributed by atoms with Crippen molar-refractivity contribution in [3.05, 3.63) is 48.4 Å². The maximum Gasteiger partial charge on any atom is 0.144 e. The van der Waals surface area contributed by atoms with E-state index in [4.69, 9.17) is 0 Å². The summed E-state index contributed by atoms with van der Waals surface area (Å²) in [7, 11) is 0. The zero-order chi connectivity index (χ0) is 13.7. The molecule has 0 fully saturated rings. The summed E-state index contributed by atoms with van der Waals surface area (Å²) in [5.41, 5.74) is 1.25. The van der Waals surface area contributed by atoms with Gasteiger partial charge in [0.05, 0.1) is 6.20 Å².